The van der Waals surface area contributed by atoms with Gasteiger partial charge in [-0.2, -0.15) is 0 Å². The number of aliphatic hydroxyl groups is 1. The number of piperidine rings is 1. The predicted molar refractivity (Wildman–Crippen MR) is 81.9 cm³/mol. The molecule has 2 rings (SSSR count). The van der Waals surface area contributed by atoms with Crippen molar-refractivity contribution >= 4 is 16.5 Å². The highest BCUT2D eigenvalue weighted by molar-refractivity contribution is 7.15. The van der Waals surface area contributed by atoms with Crippen LogP contribution in [0.4, 0.5) is 5.13 Å². The molecule has 1 aromatic heterocycles. The van der Waals surface area contributed by atoms with Crippen molar-refractivity contribution in [3.63, 3.8) is 0 Å². The minimum atomic E-state index is 0.122. The monoisotopic (exact) mass is 282 g/mol. The summed E-state index contributed by atoms with van der Waals surface area (Å²) in [7, 11) is 0. The molecule has 1 saturated heterocycles. The molecular weight excluding hydrogens is 256 g/mol. The topological polar surface area (TPSA) is 36.4 Å². The van der Waals surface area contributed by atoms with Crippen LogP contribution in [-0.2, 0) is 6.61 Å². The van der Waals surface area contributed by atoms with Crippen molar-refractivity contribution in [1.82, 2.24) is 4.98 Å². The molecule has 1 aliphatic rings. The predicted octanol–water partition coefficient (Wildman–Crippen LogP) is 3.63. The van der Waals surface area contributed by atoms with Crippen LogP contribution in [0.3, 0.4) is 0 Å². The third kappa shape index (κ3) is 3.11. The van der Waals surface area contributed by atoms with Crippen LogP contribution in [0.25, 0.3) is 0 Å². The average molecular weight is 282 g/mol. The van der Waals surface area contributed by atoms with E-state index in [1.54, 1.807) is 11.3 Å². The maximum absolute atomic E-state index is 9.52. The lowest BCUT2D eigenvalue weighted by Gasteiger charge is -2.35. The molecule has 3 unspecified atom stereocenters. The van der Waals surface area contributed by atoms with Gasteiger partial charge in [0.05, 0.1) is 17.2 Å². The SMILES string of the molecule is CCC(C)c1nc(N2CCC(C)C(C)C2)sc1CO. The van der Waals surface area contributed by atoms with Gasteiger partial charge in [-0.25, -0.2) is 4.98 Å². The summed E-state index contributed by atoms with van der Waals surface area (Å²) >= 11 is 1.68. The highest BCUT2D eigenvalue weighted by Gasteiger charge is 2.26. The van der Waals surface area contributed by atoms with Crippen molar-refractivity contribution in [2.45, 2.75) is 53.1 Å². The molecule has 0 spiro atoms. The summed E-state index contributed by atoms with van der Waals surface area (Å²) in [5, 5.41) is 10.6. The molecule has 3 atom stereocenters. The lowest BCUT2D eigenvalue weighted by atomic mass is 9.89. The number of rotatable bonds is 4. The number of thiazole rings is 1. The molecular formula is C15H26N2OS. The van der Waals surface area contributed by atoms with Gasteiger partial charge >= 0.3 is 0 Å². The summed E-state index contributed by atoms with van der Waals surface area (Å²) in [6, 6.07) is 0. The Bertz CT molecular complexity index is 418. The van der Waals surface area contributed by atoms with E-state index in [9.17, 15) is 5.11 Å². The lowest BCUT2D eigenvalue weighted by molar-refractivity contribution is 0.283. The lowest BCUT2D eigenvalue weighted by Crippen LogP contribution is -2.38. The molecule has 1 aliphatic heterocycles. The van der Waals surface area contributed by atoms with Crippen molar-refractivity contribution in [1.29, 1.82) is 0 Å². The van der Waals surface area contributed by atoms with Crippen LogP contribution in [0.15, 0.2) is 0 Å². The zero-order valence-corrected chi connectivity index (χ0v) is 13.3. The zero-order valence-electron chi connectivity index (χ0n) is 12.5. The Labute approximate surface area is 120 Å². The molecule has 0 aromatic carbocycles. The molecule has 0 radical (unpaired) electrons. The van der Waals surface area contributed by atoms with Gasteiger partial charge < -0.3 is 10.0 Å². The van der Waals surface area contributed by atoms with Crippen molar-refractivity contribution in [2.75, 3.05) is 18.0 Å². The Hall–Kier alpha value is -0.610. The first-order valence-electron chi connectivity index (χ1n) is 7.42. The first-order valence-corrected chi connectivity index (χ1v) is 8.23. The van der Waals surface area contributed by atoms with E-state index in [1.165, 1.54) is 6.42 Å². The molecule has 0 saturated carbocycles. The van der Waals surface area contributed by atoms with E-state index in [4.69, 9.17) is 4.98 Å². The van der Waals surface area contributed by atoms with E-state index >= 15 is 0 Å². The maximum atomic E-state index is 9.52. The second-order valence-electron chi connectivity index (χ2n) is 5.96. The summed E-state index contributed by atoms with van der Waals surface area (Å²) in [6.07, 6.45) is 2.32. The van der Waals surface area contributed by atoms with Crippen molar-refractivity contribution in [3.8, 4) is 0 Å². The quantitative estimate of drug-likeness (QED) is 0.916. The van der Waals surface area contributed by atoms with Gasteiger partial charge in [-0.1, -0.05) is 39.0 Å². The molecule has 19 heavy (non-hydrogen) atoms. The highest BCUT2D eigenvalue weighted by Crippen LogP contribution is 2.35. The number of anilines is 1. The molecule has 1 aromatic rings. The largest absolute Gasteiger partial charge is 0.391 e. The number of aromatic nitrogens is 1. The molecule has 0 bridgehead atoms. The Morgan fingerprint density at radius 3 is 2.74 bits per heavy atom. The van der Waals surface area contributed by atoms with Crippen LogP contribution in [-0.4, -0.2) is 23.2 Å². The van der Waals surface area contributed by atoms with Crippen molar-refractivity contribution in [2.24, 2.45) is 11.8 Å². The highest BCUT2D eigenvalue weighted by atomic mass is 32.1. The molecule has 0 amide bonds. The second-order valence-corrected chi connectivity index (χ2v) is 7.02. The minimum Gasteiger partial charge on any atom is -0.391 e. The Kier molecular flexibility index (Phi) is 4.85. The van der Waals surface area contributed by atoms with Gasteiger partial charge in [0.25, 0.3) is 0 Å². The van der Waals surface area contributed by atoms with Gasteiger partial charge in [-0.05, 0) is 30.6 Å². The molecule has 3 nitrogen and oxygen atoms in total. The van der Waals surface area contributed by atoms with Gasteiger partial charge in [0.15, 0.2) is 5.13 Å². The molecule has 4 heteroatoms. The second kappa shape index (κ2) is 6.23. The summed E-state index contributed by atoms with van der Waals surface area (Å²) in [6.45, 7) is 11.4. The number of aliphatic hydroxyl groups excluding tert-OH is 1. The molecule has 1 fully saturated rings. The van der Waals surface area contributed by atoms with Gasteiger partial charge in [-0.3, -0.25) is 0 Å². The van der Waals surface area contributed by atoms with Crippen LogP contribution in [0, 0.1) is 11.8 Å². The third-order valence-electron chi connectivity index (χ3n) is 4.54. The van der Waals surface area contributed by atoms with E-state index in [-0.39, 0.29) is 6.61 Å². The van der Waals surface area contributed by atoms with Gasteiger partial charge in [0.1, 0.15) is 0 Å². The fourth-order valence-corrected chi connectivity index (χ4v) is 3.69. The van der Waals surface area contributed by atoms with E-state index in [2.05, 4.69) is 32.6 Å². The fraction of sp³-hybridized carbons (Fsp3) is 0.800. The number of hydrogen-bond acceptors (Lipinski definition) is 4. The van der Waals surface area contributed by atoms with E-state index in [0.29, 0.717) is 5.92 Å². The van der Waals surface area contributed by atoms with E-state index < -0.39 is 0 Å². The molecule has 1 N–H and O–H groups in total. The maximum Gasteiger partial charge on any atom is 0.185 e. The number of nitrogens with zero attached hydrogens (tertiary/aromatic N) is 2. The first kappa shape index (κ1) is 14.8. The number of hydrogen-bond donors (Lipinski definition) is 1. The normalized spacial score (nSPS) is 25.6. The van der Waals surface area contributed by atoms with Crippen LogP contribution in [0.1, 0.15) is 57.0 Å². The van der Waals surface area contributed by atoms with Crippen LogP contribution in [0.5, 0.6) is 0 Å². The fourth-order valence-electron chi connectivity index (χ4n) is 2.61. The van der Waals surface area contributed by atoms with Gasteiger partial charge in [-0.15, -0.1) is 0 Å². The Morgan fingerprint density at radius 2 is 2.16 bits per heavy atom. The van der Waals surface area contributed by atoms with Crippen LogP contribution >= 0.6 is 11.3 Å². The standard InChI is InChI=1S/C15H26N2OS/c1-5-10(2)14-13(9-18)19-15(16-14)17-7-6-11(3)12(4)8-17/h10-12,18H,5-9H2,1-4H3. The van der Waals surface area contributed by atoms with Crippen molar-refractivity contribution in [3.05, 3.63) is 10.6 Å². The minimum absolute atomic E-state index is 0.122. The first-order chi connectivity index (χ1) is 9.06. The molecule has 2 heterocycles. The summed E-state index contributed by atoms with van der Waals surface area (Å²) in [5.41, 5.74) is 1.11. The summed E-state index contributed by atoms with van der Waals surface area (Å²) in [4.78, 5) is 8.27. The van der Waals surface area contributed by atoms with Crippen LogP contribution < -0.4 is 4.90 Å². The molecule has 0 aliphatic carbocycles. The zero-order chi connectivity index (χ0) is 14.0. The molecule has 108 valence electrons. The van der Waals surface area contributed by atoms with Gasteiger partial charge in [0, 0.05) is 13.1 Å². The van der Waals surface area contributed by atoms with Crippen LogP contribution in [0.2, 0.25) is 0 Å². The average Bonchev–Trinajstić information content (AvgIpc) is 2.85. The Morgan fingerprint density at radius 1 is 1.42 bits per heavy atom. The van der Waals surface area contributed by atoms with E-state index in [1.807, 2.05) is 0 Å². The summed E-state index contributed by atoms with van der Waals surface area (Å²) in [5.74, 6) is 1.97. The third-order valence-corrected chi connectivity index (χ3v) is 5.66. The smallest absolute Gasteiger partial charge is 0.185 e. The Balaban J connectivity index is 2.19. The summed E-state index contributed by atoms with van der Waals surface area (Å²) < 4.78 is 0. The van der Waals surface area contributed by atoms with Gasteiger partial charge in [0.2, 0.25) is 0 Å². The van der Waals surface area contributed by atoms with E-state index in [0.717, 1.165) is 47.0 Å². The van der Waals surface area contributed by atoms with Crippen molar-refractivity contribution < 1.29 is 5.11 Å².